The molecule has 3 heterocycles. The molecule has 1 aliphatic heterocycles. The minimum Gasteiger partial charge on any atom is -0.355 e. The molecule has 1 aliphatic rings. The van der Waals surface area contributed by atoms with Crippen LogP contribution in [0.5, 0.6) is 0 Å². The highest BCUT2D eigenvalue weighted by Gasteiger charge is 2.28. The van der Waals surface area contributed by atoms with Crippen LogP contribution in [0.1, 0.15) is 29.0 Å². The number of hydrogen-bond donors (Lipinski definition) is 2. The summed E-state index contributed by atoms with van der Waals surface area (Å²) < 4.78 is 0. The zero-order chi connectivity index (χ0) is 18.0. The molecule has 1 amide bonds. The summed E-state index contributed by atoms with van der Waals surface area (Å²) in [7, 11) is 1.69. The van der Waals surface area contributed by atoms with Gasteiger partial charge in [0, 0.05) is 37.9 Å². The number of likely N-dealkylation sites (N-methyl/N-ethyl adjacent to an activating group) is 1. The second kappa shape index (κ2) is 6.92. The van der Waals surface area contributed by atoms with Gasteiger partial charge in [-0.3, -0.25) is 14.6 Å². The lowest BCUT2D eigenvalue weighted by molar-refractivity contribution is 0.0710. The highest BCUT2D eigenvalue weighted by molar-refractivity contribution is 5.92. The Morgan fingerprint density at radius 3 is 2.84 bits per heavy atom. The fraction of sp³-hybridized carbons (Fsp3) is 0.412. The van der Waals surface area contributed by atoms with E-state index in [1.54, 1.807) is 11.9 Å². The quantitative estimate of drug-likeness (QED) is 0.845. The molecule has 2 aromatic rings. The third-order valence-corrected chi connectivity index (χ3v) is 4.45. The molecular formula is C17H21N5O3. The number of carbonyl (C=O) groups is 1. The Balaban J connectivity index is 1.77. The van der Waals surface area contributed by atoms with Crippen LogP contribution in [0.4, 0.5) is 5.82 Å². The summed E-state index contributed by atoms with van der Waals surface area (Å²) in [5.41, 5.74) is -0.319. The third kappa shape index (κ3) is 3.78. The number of hydrogen-bond acceptors (Lipinski definition) is 5. The number of pyridine rings is 1. The molecule has 1 saturated heterocycles. The molecule has 0 bridgehead atoms. The molecule has 0 spiro atoms. The van der Waals surface area contributed by atoms with Gasteiger partial charge in [-0.05, 0) is 31.9 Å². The molecular weight excluding hydrogens is 322 g/mol. The molecule has 8 nitrogen and oxygen atoms in total. The van der Waals surface area contributed by atoms with Gasteiger partial charge in [-0.25, -0.2) is 9.78 Å². The van der Waals surface area contributed by atoms with Gasteiger partial charge >= 0.3 is 5.69 Å². The molecule has 2 aromatic heterocycles. The maximum atomic E-state index is 12.6. The summed E-state index contributed by atoms with van der Waals surface area (Å²) in [6, 6.07) is 6.97. The highest BCUT2D eigenvalue weighted by Crippen LogP contribution is 2.21. The first-order valence-electron chi connectivity index (χ1n) is 8.23. The molecule has 0 radical (unpaired) electrons. The van der Waals surface area contributed by atoms with E-state index >= 15 is 0 Å². The highest BCUT2D eigenvalue weighted by atomic mass is 16.2. The number of aromatic nitrogens is 3. The van der Waals surface area contributed by atoms with E-state index in [1.807, 2.05) is 25.1 Å². The topological polar surface area (TPSA) is 102 Å². The Hall–Kier alpha value is -2.90. The Labute approximate surface area is 144 Å². The van der Waals surface area contributed by atoms with Gasteiger partial charge in [0.1, 0.15) is 11.5 Å². The number of piperidine rings is 1. The third-order valence-electron chi connectivity index (χ3n) is 4.45. The van der Waals surface area contributed by atoms with Crippen molar-refractivity contribution in [2.45, 2.75) is 25.8 Å². The van der Waals surface area contributed by atoms with Crippen LogP contribution in [0.15, 0.2) is 33.9 Å². The summed E-state index contributed by atoms with van der Waals surface area (Å²) in [5.74, 6) is 0.530. The summed E-state index contributed by atoms with van der Waals surface area (Å²) in [4.78, 5) is 48.2. The number of rotatable bonds is 3. The van der Waals surface area contributed by atoms with Crippen LogP contribution in [0.25, 0.3) is 0 Å². The summed E-state index contributed by atoms with van der Waals surface area (Å²) in [6.07, 6.45) is 1.79. The van der Waals surface area contributed by atoms with E-state index in [4.69, 9.17) is 0 Å². The van der Waals surface area contributed by atoms with Crippen LogP contribution < -0.4 is 16.1 Å². The van der Waals surface area contributed by atoms with Crippen molar-refractivity contribution in [3.05, 3.63) is 56.5 Å². The van der Waals surface area contributed by atoms with Gasteiger partial charge < -0.3 is 14.8 Å². The molecule has 1 atom stereocenters. The number of amides is 1. The van der Waals surface area contributed by atoms with Crippen molar-refractivity contribution in [1.29, 1.82) is 0 Å². The van der Waals surface area contributed by atoms with Gasteiger partial charge in [-0.2, -0.15) is 0 Å². The summed E-state index contributed by atoms with van der Waals surface area (Å²) in [6.45, 7) is 3.49. The summed E-state index contributed by atoms with van der Waals surface area (Å²) in [5, 5.41) is 0. The average Bonchev–Trinajstić information content (AvgIpc) is 2.60. The van der Waals surface area contributed by atoms with Crippen molar-refractivity contribution in [2.75, 3.05) is 25.0 Å². The Morgan fingerprint density at radius 2 is 2.12 bits per heavy atom. The van der Waals surface area contributed by atoms with E-state index in [1.165, 1.54) is 0 Å². The lowest BCUT2D eigenvalue weighted by Crippen LogP contribution is -2.49. The second-order valence-electron chi connectivity index (χ2n) is 6.30. The molecule has 2 N–H and O–H groups in total. The van der Waals surface area contributed by atoms with E-state index < -0.39 is 11.2 Å². The number of anilines is 1. The van der Waals surface area contributed by atoms with Crippen molar-refractivity contribution < 1.29 is 4.79 Å². The molecule has 0 aromatic carbocycles. The van der Waals surface area contributed by atoms with Gasteiger partial charge in [0.25, 0.3) is 11.5 Å². The van der Waals surface area contributed by atoms with E-state index in [9.17, 15) is 14.4 Å². The zero-order valence-corrected chi connectivity index (χ0v) is 14.3. The fourth-order valence-electron chi connectivity index (χ4n) is 3.12. The number of nitrogens with one attached hydrogen (secondary N) is 2. The molecule has 0 aliphatic carbocycles. The number of nitrogens with zero attached hydrogens (tertiary/aromatic N) is 3. The van der Waals surface area contributed by atoms with Crippen molar-refractivity contribution in [2.24, 2.45) is 0 Å². The lowest BCUT2D eigenvalue weighted by atomic mass is 10.0. The standard InChI is InChI=1S/C17H21N5O3/c1-11-5-3-7-14(18-11)22-8-4-6-12(10-22)21(2)16(24)13-9-15(23)20-17(25)19-13/h3,5,7,9,12H,4,6,8,10H2,1-2H3,(H2,19,20,23,25). The van der Waals surface area contributed by atoms with Gasteiger partial charge in [-0.1, -0.05) is 6.07 Å². The number of aryl methyl sites for hydroxylation is 1. The van der Waals surface area contributed by atoms with Crippen LogP contribution >= 0.6 is 0 Å². The fourth-order valence-corrected chi connectivity index (χ4v) is 3.12. The maximum Gasteiger partial charge on any atom is 0.326 e. The first kappa shape index (κ1) is 16.9. The number of carbonyl (C=O) groups excluding carboxylic acids is 1. The minimum atomic E-state index is -0.682. The summed E-state index contributed by atoms with van der Waals surface area (Å²) >= 11 is 0. The largest absolute Gasteiger partial charge is 0.355 e. The molecule has 1 fully saturated rings. The molecule has 0 saturated carbocycles. The molecule has 8 heteroatoms. The average molecular weight is 343 g/mol. The van der Waals surface area contributed by atoms with Crippen LogP contribution in [-0.2, 0) is 0 Å². The number of aromatic amines is 2. The Kier molecular flexibility index (Phi) is 4.69. The monoisotopic (exact) mass is 343 g/mol. The zero-order valence-electron chi connectivity index (χ0n) is 14.3. The van der Waals surface area contributed by atoms with Crippen molar-refractivity contribution in [1.82, 2.24) is 19.9 Å². The Bertz CT molecular complexity index is 860. The maximum absolute atomic E-state index is 12.6. The molecule has 25 heavy (non-hydrogen) atoms. The SMILES string of the molecule is Cc1cccc(N2CCCC(N(C)C(=O)c3cc(=O)[nH]c(=O)[nH]3)C2)n1. The normalized spacial score (nSPS) is 17.4. The van der Waals surface area contributed by atoms with E-state index in [-0.39, 0.29) is 17.6 Å². The van der Waals surface area contributed by atoms with Gasteiger partial charge in [0.15, 0.2) is 0 Å². The van der Waals surface area contributed by atoms with Gasteiger partial charge in [-0.15, -0.1) is 0 Å². The molecule has 132 valence electrons. The molecule has 3 rings (SSSR count). The van der Waals surface area contributed by atoms with Gasteiger partial charge in [0.05, 0.1) is 0 Å². The van der Waals surface area contributed by atoms with Crippen molar-refractivity contribution in [3.8, 4) is 0 Å². The van der Waals surface area contributed by atoms with E-state index in [0.29, 0.717) is 6.54 Å². The van der Waals surface area contributed by atoms with Gasteiger partial charge in [0.2, 0.25) is 0 Å². The van der Waals surface area contributed by atoms with E-state index in [2.05, 4.69) is 19.9 Å². The second-order valence-corrected chi connectivity index (χ2v) is 6.30. The van der Waals surface area contributed by atoms with Crippen molar-refractivity contribution >= 4 is 11.7 Å². The smallest absolute Gasteiger partial charge is 0.326 e. The minimum absolute atomic E-state index is 0.00190. The van der Waals surface area contributed by atoms with Crippen LogP contribution in [0.2, 0.25) is 0 Å². The first-order valence-corrected chi connectivity index (χ1v) is 8.23. The first-order chi connectivity index (χ1) is 11.9. The predicted octanol–water partition coefficient (Wildman–Crippen LogP) is 0.508. The van der Waals surface area contributed by atoms with E-state index in [0.717, 1.165) is 37.0 Å². The van der Waals surface area contributed by atoms with Crippen LogP contribution in [-0.4, -0.2) is 51.9 Å². The van der Waals surface area contributed by atoms with Crippen LogP contribution in [0, 0.1) is 6.92 Å². The van der Waals surface area contributed by atoms with Crippen LogP contribution in [0.3, 0.4) is 0 Å². The Morgan fingerprint density at radius 1 is 1.32 bits per heavy atom. The van der Waals surface area contributed by atoms with Crippen molar-refractivity contribution in [3.63, 3.8) is 0 Å². The predicted molar refractivity (Wildman–Crippen MR) is 94.0 cm³/mol. The lowest BCUT2D eigenvalue weighted by Gasteiger charge is -2.38. The number of H-pyrrole nitrogens is 2. The molecule has 1 unspecified atom stereocenters.